The second kappa shape index (κ2) is 7.22. The molecule has 31 heavy (non-hydrogen) atoms. The summed E-state index contributed by atoms with van der Waals surface area (Å²) in [4.78, 5) is 24.6. The highest BCUT2D eigenvalue weighted by Gasteiger charge is 2.68. The van der Waals surface area contributed by atoms with Crippen LogP contribution in [0, 0.1) is 11.2 Å². The molecule has 3 aliphatic carbocycles. The van der Waals surface area contributed by atoms with Crippen molar-refractivity contribution in [2.75, 3.05) is 6.61 Å². The first-order valence-electron chi connectivity index (χ1n) is 9.43. The van der Waals surface area contributed by atoms with E-state index in [1.54, 1.807) is 0 Å². The highest BCUT2D eigenvalue weighted by molar-refractivity contribution is 6.30. The number of carbonyl (C=O) groups is 2. The Balaban J connectivity index is 1.28. The minimum Gasteiger partial charge on any atom is -0.484 e. The fourth-order valence-electron chi connectivity index (χ4n) is 4.78. The van der Waals surface area contributed by atoms with Crippen molar-refractivity contribution in [3.63, 3.8) is 0 Å². The van der Waals surface area contributed by atoms with Gasteiger partial charge in [0, 0.05) is 25.1 Å². The summed E-state index contributed by atoms with van der Waals surface area (Å²) in [5.74, 6) is -1.50. The minimum absolute atomic E-state index is 0.0278. The standard InChI is InChI=1S/C20H18ClF4N3O3/c1-28-17(20(23,24)25)12(6-26-28)15(29)5-18-8-19(9-18,10-18)27-16(30)7-31-11-2-3-13(21)14(22)4-11/h2-4,6H,5,7-10H2,1H3,(H,27,30). The molecule has 3 aliphatic rings. The summed E-state index contributed by atoms with van der Waals surface area (Å²) in [7, 11) is 1.14. The van der Waals surface area contributed by atoms with E-state index in [4.69, 9.17) is 16.3 Å². The monoisotopic (exact) mass is 459 g/mol. The van der Waals surface area contributed by atoms with Crippen molar-refractivity contribution in [3.05, 3.63) is 46.5 Å². The number of alkyl halides is 3. The number of benzene rings is 1. The highest BCUT2D eigenvalue weighted by Crippen LogP contribution is 2.69. The number of nitrogens with zero attached hydrogens (tertiary/aromatic N) is 2. The Morgan fingerprint density at radius 3 is 2.58 bits per heavy atom. The molecule has 5 rings (SSSR count). The molecule has 1 amide bonds. The molecule has 6 nitrogen and oxygen atoms in total. The third-order valence-corrected chi connectivity index (χ3v) is 6.16. The Bertz CT molecular complexity index is 1050. The van der Waals surface area contributed by atoms with E-state index in [0.717, 1.165) is 19.3 Å². The van der Waals surface area contributed by atoms with Crippen LogP contribution in [0.4, 0.5) is 17.6 Å². The number of ketones is 1. The molecule has 0 atom stereocenters. The van der Waals surface area contributed by atoms with E-state index in [1.165, 1.54) is 12.1 Å². The fourth-order valence-corrected chi connectivity index (χ4v) is 4.90. The van der Waals surface area contributed by atoms with Crippen molar-refractivity contribution in [3.8, 4) is 5.75 Å². The molecular weight excluding hydrogens is 442 g/mol. The third-order valence-electron chi connectivity index (χ3n) is 5.85. The predicted octanol–water partition coefficient (Wildman–Crippen LogP) is 3.92. The minimum atomic E-state index is -4.67. The number of aromatic nitrogens is 2. The maximum Gasteiger partial charge on any atom is 0.433 e. The lowest BCUT2D eigenvalue weighted by atomic mass is 9.38. The zero-order valence-electron chi connectivity index (χ0n) is 16.4. The average molecular weight is 460 g/mol. The van der Waals surface area contributed by atoms with E-state index < -0.39 is 45.9 Å². The van der Waals surface area contributed by atoms with E-state index in [9.17, 15) is 27.2 Å². The molecule has 0 saturated heterocycles. The van der Waals surface area contributed by atoms with Gasteiger partial charge in [-0.05, 0) is 36.8 Å². The zero-order valence-corrected chi connectivity index (χ0v) is 17.1. The van der Waals surface area contributed by atoms with Gasteiger partial charge in [0.25, 0.3) is 5.91 Å². The number of nitrogens with one attached hydrogen (secondary N) is 1. The van der Waals surface area contributed by atoms with E-state index in [0.29, 0.717) is 23.9 Å². The van der Waals surface area contributed by atoms with Gasteiger partial charge in [0.05, 0.1) is 16.8 Å². The Labute approximate surface area is 179 Å². The molecule has 3 fully saturated rings. The van der Waals surface area contributed by atoms with Crippen LogP contribution in [0.3, 0.4) is 0 Å². The summed E-state index contributed by atoms with van der Waals surface area (Å²) in [6.45, 7) is -0.320. The molecule has 1 heterocycles. The number of amides is 1. The average Bonchev–Trinajstić information content (AvgIpc) is 3.02. The Kier molecular flexibility index (Phi) is 5.03. The smallest absolute Gasteiger partial charge is 0.433 e. The molecule has 2 bridgehead atoms. The molecule has 1 aromatic heterocycles. The number of carbonyl (C=O) groups excluding carboxylic acids is 2. The van der Waals surface area contributed by atoms with Crippen LogP contribution in [0.5, 0.6) is 5.75 Å². The lowest BCUT2D eigenvalue weighted by Crippen LogP contribution is -2.75. The van der Waals surface area contributed by atoms with Gasteiger partial charge in [-0.1, -0.05) is 11.6 Å². The molecule has 0 spiro atoms. The first kappa shape index (κ1) is 21.6. The fraction of sp³-hybridized carbons (Fsp3) is 0.450. The lowest BCUT2D eigenvalue weighted by Gasteiger charge is -2.70. The summed E-state index contributed by atoms with van der Waals surface area (Å²) in [5.41, 5.74) is -2.35. The van der Waals surface area contributed by atoms with Gasteiger partial charge in [-0.15, -0.1) is 0 Å². The molecule has 0 unspecified atom stereocenters. The quantitative estimate of drug-likeness (QED) is 0.503. The first-order chi connectivity index (χ1) is 14.4. The van der Waals surface area contributed by atoms with Crippen LogP contribution >= 0.6 is 11.6 Å². The SMILES string of the molecule is Cn1ncc(C(=O)CC23CC(NC(=O)COc4ccc(Cl)c(F)c4)(C2)C3)c1C(F)(F)F. The molecule has 2 aromatic rings. The summed E-state index contributed by atoms with van der Waals surface area (Å²) >= 11 is 5.59. The largest absolute Gasteiger partial charge is 0.484 e. The van der Waals surface area contributed by atoms with Crippen molar-refractivity contribution in [1.29, 1.82) is 0 Å². The molecule has 1 N–H and O–H groups in total. The molecule has 0 radical (unpaired) electrons. The summed E-state index contributed by atoms with van der Waals surface area (Å²) in [6, 6.07) is 3.83. The van der Waals surface area contributed by atoms with E-state index >= 15 is 0 Å². The van der Waals surface area contributed by atoms with Crippen LogP contribution in [0.15, 0.2) is 24.4 Å². The number of ether oxygens (including phenoxy) is 1. The number of halogens is 5. The van der Waals surface area contributed by atoms with Crippen LogP contribution in [-0.4, -0.2) is 33.6 Å². The van der Waals surface area contributed by atoms with Gasteiger partial charge in [0.1, 0.15) is 11.6 Å². The molecule has 166 valence electrons. The normalized spacial score (nSPS) is 24.2. The number of hydrogen-bond donors (Lipinski definition) is 1. The topological polar surface area (TPSA) is 73.2 Å². The zero-order chi connectivity index (χ0) is 22.6. The van der Waals surface area contributed by atoms with E-state index in [-0.39, 0.29) is 23.8 Å². The lowest BCUT2D eigenvalue weighted by molar-refractivity contribution is -0.164. The maximum atomic E-state index is 13.4. The van der Waals surface area contributed by atoms with Crippen LogP contribution in [0.25, 0.3) is 0 Å². The van der Waals surface area contributed by atoms with E-state index in [2.05, 4.69) is 10.4 Å². The van der Waals surface area contributed by atoms with Crippen molar-refractivity contribution in [2.24, 2.45) is 12.5 Å². The summed E-state index contributed by atoms with van der Waals surface area (Å²) in [5, 5.41) is 6.36. The Morgan fingerprint density at radius 2 is 1.97 bits per heavy atom. The third kappa shape index (κ3) is 4.00. The van der Waals surface area contributed by atoms with Gasteiger partial charge in [0.15, 0.2) is 18.1 Å². The van der Waals surface area contributed by atoms with Crippen LogP contribution in [-0.2, 0) is 18.0 Å². The molecule has 0 aliphatic heterocycles. The Hall–Kier alpha value is -2.62. The van der Waals surface area contributed by atoms with Gasteiger partial charge < -0.3 is 10.1 Å². The van der Waals surface area contributed by atoms with Crippen LogP contribution < -0.4 is 10.1 Å². The van der Waals surface area contributed by atoms with Gasteiger partial charge >= 0.3 is 6.18 Å². The number of hydrogen-bond acceptors (Lipinski definition) is 4. The number of Topliss-reactive ketones (excluding diaryl/α,β-unsaturated/α-hetero) is 1. The van der Waals surface area contributed by atoms with Gasteiger partial charge in [-0.2, -0.15) is 18.3 Å². The summed E-state index contributed by atoms with van der Waals surface area (Å²) < 4.78 is 58.9. The molecular formula is C20H18ClF4N3O3. The van der Waals surface area contributed by atoms with Gasteiger partial charge in [-0.3, -0.25) is 14.3 Å². The molecule has 11 heteroatoms. The number of rotatable bonds is 7. The predicted molar refractivity (Wildman–Crippen MR) is 101 cm³/mol. The van der Waals surface area contributed by atoms with Crippen LogP contribution in [0.1, 0.15) is 41.7 Å². The van der Waals surface area contributed by atoms with Crippen molar-refractivity contribution >= 4 is 23.3 Å². The molecule has 1 aromatic carbocycles. The molecule has 3 saturated carbocycles. The van der Waals surface area contributed by atoms with Gasteiger partial charge in [-0.25, -0.2) is 4.39 Å². The van der Waals surface area contributed by atoms with Crippen molar-refractivity contribution < 1.29 is 31.9 Å². The van der Waals surface area contributed by atoms with E-state index in [1.807, 2.05) is 0 Å². The number of aryl methyl sites for hydroxylation is 1. The highest BCUT2D eigenvalue weighted by atomic mass is 35.5. The Morgan fingerprint density at radius 1 is 1.29 bits per heavy atom. The van der Waals surface area contributed by atoms with Crippen molar-refractivity contribution in [2.45, 2.75) is 37.4 Å². The second-order valence-corrected chi connectivity index (χ2v) is 8.76. The second-order valence-electron chi connectivity index (χ2n) is 8.35. The summed E-state index contributed by atoms with van der Waals surface area (Å²) in [6.07, 6.45) is -2.22. The first-order valence-corrected chi connectivity index (χ1v) is 9.81. The van der Waals surface area contributed by atoms with Gasteiger partial charge in [0.2, 0.25) is 0 Å². The van der Waals surface area contributed by atoms with Crippen molar-refractivity contribution in [1.82, 2.24) is 15.1 Å². The van der Waals surface area contributed by atoms with Crippen LogP contribution in [0.2, 0.25) is 5.02 Å². The maximum absolute atomic E-state index is 13.4.